The van der Waals surface area contributed by atoms with E-state index < -0.39 is 4.92 Å². The van der Waals surface area contributed by atoms with Crippen LogP contribution in [0.4, 0.5) is 17.1 Å². The third kappa shape index (κ3) is 6.22. The van der Waals surface area contributed by atoms with Crippen molar-refractivity contribution < 1.29 is 14.8 Å². The highest BCUT2D eigenvalue weighted by atomic mass is 79.9. The number of benzene rings is 2. The first-order valence-electron chi connectivity index (χ1n) is 8.32. The molecule has 0 aliphatic rings. The second-order valence-electron chi connectivity index (χ2n) is 5.83. The van der Waals surface area contributed by atoms with Gasteiger partial charge in [0.25, 0.3) is 5.69 Å². The van der Waals surface area contributed by atoms with Crippen LogP contribution in [0.1, 0.15) is 18.5 Å². The Kier molecular flexibility index (Phi) is 7.56. The van der Waals surface area contributed by atoms with Gasteiger partial charge in [0, 0.05) is 23.2 Å². The molecule has 2 rings (SSSR count). The van der Waals surface area contributed by atoms with E-state index in [1.165, 1.54) is 12.1 Å². The number of nitro groups is 1. The standard InChI is InChI=1S/C18H21BrN4O4/c1-12(13-2-4-14(19)5-3-13)22-18(25)11-21-17-10-15(23(26)27)6-7-16(17)20-8-9-24/h2-7,10,12,20-21,24H,8-9,11H2,1H3,(H,22,25). The first-order valence-corrected chi connectivity index (χ1v) is 9.12. The number of anilines is 2. The van der Waals surface area contributed by atoms with Gasteiger partial charge in [-0.3, -0.25) is 14.9 Å². The third-order valence-electron chi connectivity index (χ3n) is 3.83. The van der Waals surface area contributed by atoms with Gasteiger partial charge in [0.1, 0.15) is 0 Å². The molecule has 0 spiro atoms. The van der Waals surface area contributed by atoms with Crippen LogP contribution in [-0.4, -0.2) is 35.6 Å². The lowest BCUT2D eigenvalue weighted by molar-refractivity contribution is -0.384. The van der Waals surface area contributed by atoms with Crippen molar-refractivity contribution in [1.82, 2.24) is 5.32 Å². The Morgan fingerprint density at radius 1 is 1.19 bits per heavy atom. The minimum atomic E-state index is -0.503. The minimum absolute atomic E-state index is 0.0458. The molecule has 2 aromatic rings. The van der Waals surface area contributed by atoms with Crippen LogP contribution in [0.25, 0.3) is 0 Å². The molecule has 0 radical (unpaired) electrons. The summed E-state index contributed by atoms with van der Waals surface area (Å²) in [6.07, 6.45) is 0. The van der Waals surface area contributed by atoms with Gasteiger partial charge in [-0.05, 0) is 30.7 Å². The Morgan fingerprint density at radius 3 is 2.52 bits per heavy atom. The zero-order valence-electron chi connectivity index (χ0n) is 14.7. The van der Waals surface area contributed by atoms with Crippen LogP contribution in [0, 0.1) is 10.1 Å². The highest BCUT2D eigenvalue weighted by Crippen LogP contribution is 2.26. The number of non-ortho nitro benzene ring substituents is 1. The number of hydrogen-bond donors (Lipinski definition) is 4. The van der Waals surface area contributed by atoms with Crippen LogP contribution >= 0.6 is 15.9 Å². The van der Waals surface area contributed by atoms with E-state index in [4.69, 9.17) is 5.11 Å². The SMILES string of the molecule is CC(NC(=O)CNc1cc([N+](=O)[O-])ccc1NCCO)c1ccc(Br)cc1. The van der Waals surface area contributed by atoms with E-state index >= 15 is 0 Å². The lowest BCUT2D eigenvalue weighted by atomic mass is 10.1. The van der Waals surface area contributed by atoms with Gasteiger partial charge in [-0.1, -0.05) is 28.1 Å². The van der Waals surface area contributed by atoms with Crippen LogP contribution in [0.5, 0.6) is 0 Å². The van der Waals surface area contributed by atoms with Crippen molar-refractivity contribution in [3.63, 3.8) is 0 Å². The molecular weight excluding hydrogens is 416 g/mol. The predicted molar refractivity (Wildman–Crippen MR) is 108 cm³/mol. The van der Waals surface area contributed by atoms with E-state index in [0.717, 1.165) is 10.0 Å². The van der Waals surface area contributed by atoms with Gasteiger partial charge < -0.3 is 21.1 Å². The first kappa shape index (κ1) is 20.7. The molecule has 27 heavy (non-hydrogen) atoms. The summed E-state index contributed by atoms with van der Waals surface area (Å²) in [5, 5.41) is 28.7. The van der Waals surface area contributed by atoms with Crippen molar-refractivity contribution in [2.24, 2.45) is 0 Å². The zero-order chi connectivity index (χ0) is 19.8. The molecule has 0 saturated carbocycles. The number of nitrogens with one attached hydrogen (secondary N) is 3. The van der Waals surface area contributed by atoms with Gasteiger partial charge in [-0.2, -0.15) is 0 Å². The average molecular weight is 437 g/mol. The fourth-order valence-electron chi connectivity index (χ4n) is 2.44. The summed E-state index contributed by atoms with van der Waals surface area (Å²) in [6.45, 7) is 2.04. The Hall–Kier alpha value is -2.65. The molecule has 9 heteroatoms. The van der Waals surface area contributed by atoms with Gasteiger partial charge >= 0.3 is 0 Å². The number of aliphatic hydroxyl groups is 1. The first-order chi connectivity index (χ1) is 12.9. The molecule has 0 saturated heterocycles. The van der Waals surface area contributed by atoms with E-state index in [1.807, 2.05) is 31.2 Å². The van der Waals surface area contributed by atoms with E-state index in [9.17, 15) is 14.9 Å². The van der Waals surface area contributed by atoms with E-state index in [-0.39, 0.29) is 30.8 Å². The molecule has 144 valence electrons. The normalized spacial score (nSPS) is 11.5. The fourth-order valence-corrected chi connectivity index (χ4v) is 2.70. The van der Waals surface area contributed by atoms with E-state index in [1.54, 1.807) is 6.07 Å². The van der Waals surface area contributed by atoms with Crippen molar-refractivity contribution in [3.05, 3.63) is 62.6 Å². The summed E-state index contributed by atoms with van der Waals surface area (Å²) >= 11 is 3.37. The number of halogens is 1. The third-order valence-corrected chi connectivity index (χ3v) is 4.36. The van der Waals surface area contributed by atoms with Crippen LogP contribution < -0.4 is 16.0 Å². The molecule has 1 unspecified atom stereocenters. The number of amides is 1. The lowest BCUT2D eigenvalue weighted by Crippen LogP contribution is -2.32. The topological polar surface area (TPSA) is 117 Å². The summed E-state index contributed by atoms with van der Waals surface area (Å²) in [7, 11) is 0. The van der Waals surface area contributed by atoms with E-state index in [0.29, 0.717) is 17.9 Å². The maximum atomic E-state index is 12.2. The molecule has 1 amide bonds. The molecule has 0 aliphatic heterocycles. The number of rotatable bonds is 9. The molecule has 8 nitrogen and oxygen atoms in total. The molecule has 0 fully saturated rings. The van der Waals surface area contributed by atoms with Crippen LogP contribution in [0.3, 0.4) is 0 Å². The number of nitro benzene ring substituents is 1. The molecule has 0 aliphatic carbocycles. The molecular formula is C18H21BrN4O4. The highest BCUT2D eigenvalue weighted by Gasteiger charge is 2.13. The van der Waals surface area contributed by atoms with Gasteiger partial charge in [-0.25, -0.2) is 0 Å². The summed E-state index contributed by atoms with van der Waals surface area (Å²) in [6, 6.07) is 11.7. The molecule has 0 aromatic heterocycles. The monoisotopic (exact) mass is 436 g/mol. The Morgan fingerprint density at radius 2 is 1.89 bits per heavy atom. The number of carbonyl (C=O) groups excluding carboxylic acids is 1. The number of hydrogen-bond acceptors (Lipinski definition) is 6. The number of aliphatic hydroxyl groups excluding tert-OH is 1. The maximum absolute atomic E-state index is 12.2. The van der Waals surface area contributed by atoms with Crippen molar-refractivity contribution >= 4 is 38.9 Å². The summed E-state index contributed by atoms with van der Waals surface area (Å²) in [4.78, 5) is 22.7. The zero-order valence-corrected chi connectivity index (χ0v) is 16.3. The molecule has 4 N–H and O–H groups in total. The number of nitrogens with zero attached hydrogens (tertiary/aromatic N) is 1. The van der Waals surface area contributed by atoms with Gasteiger partial charge in [-0.15, -0.1) is 0 Å². The summed E-state index contributed by atoms with van der Waals surface area (Å²) in [5.41, 5.74) is 1.87. The van der Waals surface area contributed by atoms with Crippen molar-refractivity contribution in [1.29, 1.82) is 0 Å². The predicted octanol–water partition coefficient (Wildman–Crippen LogP) is 3.05. The molecule has 2 aromatic carbocycles. The van der Waals surface area contributed by atoms with Gasteiger partial charge in [0.05, 0.1) is 35.5 Å². The maximum Gasteiger partial charge on any atom is 0.271 e. The minimum Gasteiger partial charge on any atom is -0.395 e. The highest BCUT2D eigenvalue weighted by molar-refractivity contribution is 9.10. The van der Waals surface area contributed by atoms with Gasteiger partial charge in [0.2, 0.25) is 5.91 Å². The summed E-state index contributed by atoms with van der Waals surface area (Å²) in [5.74, 6) is -0.245. The average Bonchev–Trinajstić information content (AvgIpc) is 2.65. The van der Waals surface area contributed by atoms with Crippen molar-refractivity contribution in [3.8, 4) is 0 Å². The molecule has 0 bridgehead atoms. The Bertz CT molecular complexity index is 798. The van der Waals surface area contributed by atoms with Gasteiger partial charge in [0.15, 0.2) is 0 Å². The lowest BCUT2D eigenvalue weighted by Gasteiger charge is -2.16. The Labute approximate surface area is 165 Å². The second kappa shape index (κ2) is 9.89. The largest absolute Gasteiger partial charge is 0.395 e. The Balaban J connectivity index is 2.01. The molecule has 1 atom stereocenters. The number of carbonyl (C=O) groups is 1. The quantitative estimate of drug-likeness (QED) is 0.354. The molecule has 0 heterocycles. The second-order valence-corrected chi connectivity index (χ2v) is 6.75. The summed E-state index contributed by atoms with van der Waals surface area (Å²) < 4.78 is 0.958. The van der Waals surface area contributed by atoms with Crippen LogP contribution in [0.2, 0.25) is 0 Å². The smallest absolute Gasteiger partial charge is 0.271 e. The van der Waals surface area contributed by atoms with Crippen molar-refractivity contribution in [2.75, 3.05) is 30.3 Å². The fraction of sp³-hybridized carbons (Fsp3) is 0.278. The van der Waals surface area contributed by atoms with E-state index in [2.05, 4.69) is 31.9 Å². The van der Waals surface area contributed by atoms with Crippen LogP contribution in [-0.2, 0) is 4.79 Å². The van der Waals surface area contributed by atoms with Crippen molar-refractivity contribution in [2.45, 2.75) is 13.0 Å². The van der Waals surface area contributed by atoms with Crippen LogP contribution in [0.15, 0.2) is 46.9 Å².